The molecule has 0 bridgehead atoms. The van der Waals surface area contributed by atoms with Gasteiger partial charge in [-0.05, 0) is 25.8 Å². The molecule has 0 aromatic heterocycles. The SMILES string of the molecule is Cc1ccc([C@](C)(N)CN2CC[C@H](O)C2)cc1. The van der Waals surface area contributed by atoms with Crippen LogP contribution >= 0.6 is 0 Å². The van der Waals surface area contributed by atoms with Gasteiger partial charge in [-0.25, -0.2) is 0 Å². The third-order valence-electron chi connectivity index (χ3n) is 3.51. The minimum absolute atomic E-state index is 0.177. The molecule has 94 valence electrons. The highest BCUT2D eigenvalue weighted by molar-refractivity contribution is 5.27. The van der Waals surface area contributed by atoms with E-state index in [1.54, 1.807) is 0 Å². The summed E-state index contributed by atoms with van der Waals surface area (Å²) in [5.74, 6) is 0. The summed E-state index contributed by atoms with van der Waals surface area (Å²) < 4.78 is 0. The van der Waals surface area contributed by atoms with E-state index in [0.717, 1.165) is 31.6 Å². The lowest BCUT2D eigenvalue weighted by Gasteiger charge is -2.30. The van der Waals surface area contributed by atoms with E-state index < -0.39 is 0 Å². The number of β-amino-alcohol motifs (C(OH)–C–C–N with tert-alkyl or cyclic N) is 1. The van der Waals surface area contributed by atoms with E-state index in [2.05, 4.69) is 43.0 Å². The van der Waals surface area contributed by atoms with Crippen LogP contribution in [0.2, 0.25) is 0 Å². The Hall–Kier alpha value is -0.900. The van der Waals surface area contributed by atoms with Crippen molar-refractivity contribution in [2.75, 3.05) is 19.6 Å². The summed E-state index contributed by atoms with van der Waals surface area (Å²) in [7, 11) is 0. The standard InChI is InChI=1S/C14H22N2O/c1-11-3-5-12(6-4-11)14(2,15)10-16-8-7-13(17)9-16/h3-6,13,17H,7-10,15H2,1-2H3/t13-,14+/m0/s1. The number of rotatable bonds is 3. The van der Waals surface area contributed by atoms with Gasteiger partial charge in [0.2, 0.25) is 0 Å². The lowest BCUT2D eigenvalue weighted by atomic mass is 9.92. The number of benzene rings is 1. The maximum Gasteiger partial charge on any atom is 0.0679 e. The highest BCUT2D eigenvalue weighted by Crippen LogP contribution is 2.21. The van der Waals surface area contributed by atoms with E-state index in [-0.39, 0.29) is 11.6 Å². The van der Waals surface area contributed by atoms with E-state index in [4.69, 9.17) is 5.73 Å². The van der Waals surface area contributed by atoms with E-state index in [1.165, 1.54) is 5.56 Å². The van der Waals surface area contributed by atoms with Crippen LogP contribution in [0.4, 0.5) is 0 Å². The molecule has 0 spiro atoms. The van der Waals surface area contributed by atoms with Crippen LogP contribution in [0.3, 0.4) is 0 Å². The molecule has 1 aliphatic rings. The molecule has 2 rings (SSSR count). The fourth-order valence-electron chi connectivity index (χ4n) is 2.45. The van der Waals surface area contributed by atoms with Crippen LogP contribution in [-0.4, -0.2) is 35.7 Å². The van der Waals surface area contributed by atoms with E-state index in [1.807, 2.05) is 0 Å². The van der Waals surface area contributed by atoms with Crippen LogP contribution in [-0.2, 0) is 5.54 Å². The lowest BCUT2D eigenvalue weighted by Crippen LogP contribution is -2.44. The Morgan fingerprint density at radius 2 is 2.06 bits per heavy atom. The number of aliphatic hydroxyl groups excluding tert-OH is 1. The molecule has 1 aliphatic heterocycles. The van der Waals surface area contributed by atoms with Crippen LogP contribution in [0, 0.1) is 6.92 Å². The molecule has 1 aromatic carbocycles. The Morgan fingerprint density at radius 3 is 2.59 bits per heavy atom. The number of nitrogens with zero attached hydrogens (tertiary/aromatic N) is 1. The van der Waals surface area contributed by atoms with Crippen LogP contribution in [0.25, 0.3) is 0 Å². The third kappa shape index (κ3) is 3.06. The first-order valence-corrected chi connectivity index (χ1v) is 6.24. The second kappa shape index (κ2) is 4.77. The molecule has 17 heavy (non-hydrogen) atoms. The zero-order valence-electron chi connectivity index (χ0n) is 10.7. The van der Waals surface area contributed by atoms with Gasteiger partial charge in [0.25, 0.3) is 0 Å². The molecule has 0 amide bonds. The Bertz CT molecular complexity index is 372. The van der Waals surface area contributed by atoms with Crippen molar-refractivity contribution < 1.29 is 5.11 Å². The van der Waals surface area contributed by atoms with Gasteiger partial charge < -0.3 is 10.8 Å². The lowest BCUT2D eigenvalue weighted by molar-refractivity contribution is 0.167. The largest absolute Gasteiger partial charge is 0.392 e. The van der Waals surface area contributed by atoms with E-state index in [9.17, 15) is 5.11 Å². The van der Waals surface area contributed by atoms with Crippen LogP contribution in [0.5, 0.6) is 0 Å². The predicted octanol–water partition coefficient (Wildman–Crippen LogP) is 1.24. The Labute approximate surface area is 103 Å². The minimum Gasteiger partial charge on any atom is -0.392 e. The first-order valence-electron chi connectivity index (χ1n) is 6.24. The van der Waals surface area contributed by atoms with Gasteiger partial charge in [0.05, 0.1) is 11.6 Å². The number of hydrogen-bond donors (Lipinski definition) is 2. The average Bonchev–Trinajstić information content (AvgIpc) is 2.63. The van der Waals surface area contributed by atoms with Crippen LogP contribution in [0.1, 0.15) is 24.5 Å². The maximum absolute atomic E-state index is 9.52. The number of aryl methyl sites for hydroxylation is 1. The summed E-state index contributed by atoms with van der Waals surface area (Å²) in [5.41, 5.74) is 8.45. The maximum atomic E-state index is 9.52. The molecule has 1 heterocycles. The zero-order chi connectivity index (χ0) is 12.5. The fraction of sp³-hybridized carbons (Fsp3) is 0.571. The van der Waals surface area contributed by atoms with Gasteiger partial charge in [0.1, 0.15) is 0 Å². The van der Waals surface area contributed by atoms with Crippen molar-refractivity contribution in [3.63, 3.8) is 0 Å². The zero-order valence-corrected chi connectivity index (χ0v) is 10.7. The molecular weight excluding hydrogens is 212 g/mol. The summed E-state index contributed by atoms with van der Waals surface area (Å²) in [6.45, 7) is 6.63. The van der Waals surface area contributed by atoms with Gasteiger partial charge in [0.15, 0.2) is 0 Å². The van der Waals surface area contributed by atoms with Gasteiger partial charge >= 0.3 is 0 Å². The Kier molecular flexibility index (Phi) is 3.52. The molecule has 2 atom stereocenters. The molecule has 1 fully saturated rings. The molecule has 1 aromatic rings. The molecule has 0 saturated carbocycles. The van der Waals surface area contributed by atoms with Crippen molar-refractivity contribution in [1.82, 2.24) is 4.90 Å². The van der Waals surface area contributed by atoms with Crippen molar-refractivity contribution in [3.8, 4) is 0 Å². The van der Waals surface area contributed by atoms with Crippen molar-refractivity contribution >= 4 is 0 Å². The summed E-state index contributed by atoms with van der Waals surface area (Å²) in [5, 5.41) is 9.52. The number of aliphatic hydroxyl groups is 1. The molecule has 0 aliphatic carbocycles. The van der Waals surface area contributed by atoms with Crippen molar-refractivity contribution in [1.29, 1.82) is 0 Å². The number of nitrogens with two attached hydrogens (primary N) is 1. The highest BCUT2D eigenvalue weighted by Gasteiger charge is 2.28. The topological polar surface area (TPSA) is 49.5 Å². The van der Waals surface area contributed by atoms with Crippen molar-refractivity contribution in [2.24, 2.45) is 5.73 Å². The van der Waals surface area contributed by atoms with Crippen LogP contribution in [0.15, 0.2) is 24.3 Å². The quantitative estimate of drug-likeness (QED) is 0.827. The van der Waals surface area contributed by atoms with E-state index >= 15 is 0 Å². The van der Waals surface area contributed by atoms with Gasteiger partial charge in [-0.1, -0.05) is 29.8 Å². The van der Waals surface area contributed by atoms with Gasteiger partial charge in [-0.15, -0.1) is 0 Å². The summed E-state index contributed by atoms with van der Waals surface area (Å²) >= 11 is 0. The van der Waals surface area contributed by atoms with Gasteiger partial charge in [0, 0.05) is 19.6 Å². The second-order valence-electron chi connectivity index (χ2n) is 5.46. The highest BCUT2D eigenvalue weighted by atomic mass is 16.3. The molecule has 0 unspecified atom stereocenters. The second-order valence-corrected chi connectivity index (χ2v) is 5.46. The van der Waals surface area contributed by atoms with E-state index in [0.29, 0.717) is 0 Å². The van der Waals surface area contributed by atoms with Crippen molar-refractivity contribution in [2.45, 2.75) is 31.9 Å². The smallest absolute Gasteiger partial charge is 0.0679 e. The predicted molar refractivity (Wildman–Crippen MR) is 69.8 cm³/mol. The molecule has 3 nitrogen and oxygen atoms in total. The summed E-state index contributed by atoms with van der Waals surface area (Å²) in [4.78, 5) is 2.24. The summed E-state index contributed by atoms with van der Waals surface area (Å²) in [6, 6.07) is 8.39. The minimum atomic E-state index is -0.349. The molecule has 1 saturated heterocycles. The third-order valence-corrected chi connectivity index (χ3v) is 3.51. The Balaban J connectivity index is 2.05. The van der Waals surface area contributed by atoms with Gasteiger partial charge in [-0.3, -0.25) is 4.90 Å². The normalized spacial score (nSPS) is 24.8. The Morgan fingerprint density at radius 1 is 1.41 bits per heavy atom. The molecule has 3 N–H and O–H groups in total. The van der Waals surface area contributed by atoms with Crippen molar-refractivity contribution in [3.05, 3.63) is 35.4 Å². The average molecular weight is 234 g/mol. The summed E-state index contributed by atoms with van der Waals surface area (Å²) in [6.07, 6.45) is 0.688. The molecular formula is C14H22N2O. The number of likely N-dealkylation sites (tertiary alicyclic amines) is 1. The number of hydrogen-bond acceptors (Lipinski definition) is 3. The van der Waals surface area contributed by atoms with Crippen LogP contribution < -0.4 is 5.73 Å². The monoisotopic (exact) mass is 234 g/mol. The molecule has 3 heteroatoms. The first-order chi connectivity index (χ1) is 7.97. The molecule has 0 radical (unpaired) electrons. The fourth-order valence-corrected chi connectivity index (χ4v) is 2.45. The van der Waals surface area contributed by atoms with Gasteiger partial charge in [-0.2, -0.15) is 0 Å². The first kappa shape index (κ1) is 12.6.